The van der Waals surface area contributed by atoms with Gasteiger partial charge in [0.05, 0.1) is 12.2 Å². The van der Waals surface area contributed by atoms with Crippen LogP contribution in [0.1, 0.15) is 35.2 Å². The van der Waals surface area contributed by atoms with Crippen LogP contribution in [0.3, 0.4) is 0 Å². The van der Waals surface area contributed by atoms with Crippen LogP contribution in [0.2, 0.25) is 0 Å². The molecule has 0 fully saturated rings. The van der Waals surface area contributed by atoms with Gasteiger partial charge in [0.25, 0.3) is 5.56 Å². The fourth-order valence-corrected chi connectivity index (χ4v) is 5.51. The van der Waals surface area contributed by atoms with E-state index in [1.54, 1.807) is 28.8 Å². The Labute approximate surface area is 181 Å². The molecule has 0 bridgehead atoms. The number of hydrogen-bond donors (Lipinski definition) is 4. The Balaban J connectivity index is 1.71. The van der Waals surface area contributed by atoms with Crippen molar-refractivity contribution in [2.24, 2.45) is 4.40 Å². The van der Waals surface area contributed by atoms with Gasteiger partial charge >= 0.3 is 0 Å². The Morgan fingerprint density at radius 2 is 1.71 bits per heavy atom. The molecule has 5 rings (SSSR count). The Morgan fingerprint density at radius 1 is 1.00 bits per heavy atom. The average molecular weight is 438 g/mol. The van der Waals surface area contributed by atoms with Crippen LogP contribution in [0.4, 0.5) is 5.69 Å². The van der Waals surface area contributed by atoms with Crippen molar-refractivity contribution in [3.8, 4) is 5.75 Å². The lowest BCUT2D eigenvalue weighted by atomic mass is 9.92. The molecule has 160 valence electrons. The summed E-state index contributed by atoms with van der Waals surface area (Å²) in [4.78, 5) is 13.9. The van der Waals surface area contributed by atoms with Crippen LogP contribution in [-0.2, 0) is 19.4 Å². The summed E-state index contributed by atoms with van der Waals surface area (Å²) in [5, 5.41) is 14.1. The summed E-state index contributed by atoms with van der Waals surface area (Å²) in [5.41, 5.74) is 2.58. The molecule has 0 spiro atoms. The van der Waals surface area contributed by atoms with Crippen molar-refractivity contribution >= 4 is 22.3 Å². The number of anilines is 1. The second-order valence-electron chi connectivity index (χ2n) is 7.81. The van der Waals surface area contributed by atoms with E-state index in [9.17, 15) is 19.0 Å². The van der Waals surface area contributed by atoms with Crippen LogP contribution < -0.4 is 10.9 Å². The van der Waals surface area contributed by atoms with Crippen LogP contribution in [0.15, 0.2) is 68.7 Å². The van der Waals surface area contributed by atoms with Gasteiger partial charge in [-0.05, 0) is 43.4 Å². The Kier molecular flexibility index (Phi) is 4.85. The van der Waals surface area contributed by atoms with E-state index in [2.05, 4.69) is 9.71 Å². The van der Waals surface area contributed by atoms with Gasteiger partial charge < -0.3 is 15.0 Å². The van der Waals surface area contributed by atoms with Crippen molar-refractivity contribution in [2.45, 2.75) is 37.1 Å². The summed E-state index contributed by atoms with van der Waals surface area (Å²) in [5.74, 6) is -0.138. The molecule has 0 saturated carbocycles. The van der Waals surface area contributed by atoms with Gasteiger partial charge in [-0.3, -0.25) is 13.9 Å². The fraction of sp³-hybridized carbons (Fsp3) is 0.217. The number of hydrogen-bond acceptors (Lipinski definition) is 6. The number of aromatic hydroxyl groups is 1. The molecule has 0 unspecified atom stereocenters. The highest BCUT2D eigenvalue weighted by Gasteiger charge is 2.32. The maximum atomic E-state index is 13.6. The van der Waals surface area contributed by atoms with Crippen LogP contribution in [0.5, 0.6) is 5.75 Å². The van der Waals surface area contributed by atoms with Crippen molar-refractivity contribution in [1.29, 1.82) is 0 Å². The van der Waals surface area contributed by atoms with E-state index in [1.165, 1.54) is 0 Å². The van der Waals surface area contributed by atoms with E-state index in [-0.39, 0.29) is 22.0 Å². The normalized spacial score (nSPS) is 17.7. The molecule has 8 heteroatoms. The molecule has 1 aromatic heterocycles. The smallest absolute Gasteiger partial charge is 0.265 e. The second-order valence-corrected chi connectivity index (χ2v) is 9.47. The maximum Gasteiger partial charge on any atom is 0.265 e. The number of rotatable bonds is 3. The lowest BCUT2D eigenvalue weighted by Crippen LogP contribution is -2.35. The Morgan fingerprint density at radius 3 is 2.52 bits per heavy atom. The number of aromatic nitrogens is 1. The van der Waals surface area contributed by atoms with Crippen LogP contribution in [0, 0.1) is 0 Å². The van der Waals surface area contributed by atoms with Crippen molar-refractivity contribution in [3.63, 3.8) is 0 Å². The number of nitrogens with one attached hydrogen (secondary N) is 1. The first-order chi connectivity index (χ1) is 15.0. The van der Waals surface area contributed by atoms with Crippen LogP contribution in [-0.4, -0.2) is 24.6 Å². The van der Waals surface area contributed by atoms with Gasteiger partial charge in [0.15, 0.2) is 5.84 Å². The van der Waals surface area contributed by atoms with Crippen molar-refractivity contribution in [2.75, 3.05) is 5.32 Å². The highest BCUT2D eigenvalue weighted by Crippen LogP contribution is 2.55. The van der Waals surface area contributed by atoms with Crippen molar-refractivity contribution < 1.29 is 14.2 Å². The molecular weight excluding hydrogens is 414 g/mol. The quantitative estimate of drug-likeness (QED) is 0.487. The zero-order valence-electron chi connectivity index (χ0n) is 16.8. The van der Waals surface area contributed by atoms with Crippen LogP contribution in [0.25, 0.3) is 0 Å². The molecular formula is C23H23N3O4S. The first-order valence-corrected chi connectivity index (χ1v) is 11.7. The SMILES string of the molecule is O=c1c(C2=NS(O)(O)c3ccccc3N2)c(O)c2c(n1Cc1ccccc1)CCCC2. The summed E-state index contributed by atoms with van der Waals surface area (Å²) in [6.07, 6.45) is 3.24. The summed E-state index contributed by atoms with van der Waals surface area (Å²) >= 11 is 0. The number of benzene rings is 2. The molecule has 4 N–H and O–H groups in total. The molecule has 0 atom stereocenters. The third kappa shape index (κ3) is 3.42. The molecule has 3 aromatic rings. The van der Waals surface area contributed by atoms with Crippen LogP contribution >= 0.6 is 10.8 Å². The third-order valence-electron chi connectivity index (χ3n) is 5.82. The van der Waals surface area contributed by atoms with E-state index in [1.807, 2.05) is 30.3 Å². The predicted octanol–water partition coefficient (Wildman–Crippen LogP) is 4.38. The average Bonchev–Trinajstić information content (AvgIpc) is 2.77. The zero-order chi connectivity index (χ0) is 21.6. The minimum absolute atomic E-state index is 0.0172. The zero-order valence-corrected chi connectivity index (χ0v) is 17.6. The van der Waals surface area contributed by atoms with Gasteiger partial charge in [-0.1, -0.05) is 53.2 Å². The molecule has 31 heavy (non-hydrogen) atoms. The molecule has 2 aromatic carbocycles. The Hall–Kier alpha value is -3.07. The number of pyridine rings is 1. The topological polar surface area (TPSA) is 107 Å². The van der Waals surface area contributed by atoms with Gasteiger partial charge in [-0.15, -0.1) is 4.40 Å². The lowest BCUT2D eigenvalue weighted by Gasteiger charge is -2.34. The second kappa shape index (κ2) is 7.56. The highest BCUT2D eigenvalue weighted by atomic mass is 32.3. The van der Waals surface area contributed by atoms with E-state index >= 15 is 0 Å². The molecule has 1 aliphatic heterocycles. The van der Waals surface area contributed by atoms with E-state index in [0.717, 1.165) is 29.7 Å². The summed E-state index contributed by atoms with van der Waals surface area (Å²) in [7, 11) is -3.50. The summed E-state index contributed by atoms with van der Waals surface area (Å²) < 4.78 is 27.0. The molecule has 7 nitrogen and oxygen atoms in total. The minimum atomic E-state index is -3.50. The van der Waals surface area contributed by atoms with Gasteiger partial charge in [0.1, 0.15) is 16.2 Å². The fourth-order valence-electron chi connectivity index (χ4n) is 4.34. The number of nitrogens with zero attached hydrogens (tertiary/aromatic N) is 2. The first kappa shape index (κ1) is 19.9. The lowest BCUT2D eigenvalue weighted by molar-refractivity contribution is 0.450. The first-order valence-electron chi connectivity index (χ1n) is 10.2. The monoisotopic (exact) mass is 437 g/mol. The van der Waals surface area contributed by atoms with Crippen molar-refractivity contribution in [1.82, 2.24) is 4.57 Å². The van der Waals surface area contributed by atoms with E-state index in [0.29, 0.717) is 25.1 Å². The van der Waals surface area contributed by atoms with Gasteiger partial charge in [-0.2, -0.15) is 0 Å². The Bertz CT molecular complexity index is 1250. The summed E-state index contributed by atoms with van der Waals surface area (Å²) in [6.45, 7) is 0.370. The number of amidine groups is 1. The molecule has 2 aliphatic rings. The van der Waals surface area contributed by atoms with E-state index in [4.69, 9.17) is 0 Å². The number of para-hydroxylation sites is 1. The summed E-state index contributed by atoms with van der Waals surface area (Å²) in [6, 6.07) is 16.4. The predicted molar refractivity (Wildman–Crippen MR) is 122 cm³/mol. The molecule has 2 heterocycles. The van der Waals surface area contributed by atoms with Gasteiger partial charge in [0, 0.05) is 11.3 Å². The maximum absolute atomic E-state index is 13.6. The molecule has 0 radical (unpaired) electrons. The molecule has 1 aliphatic carbocycles. The standard InChI is InChI=1S/C23H23N3O4S/c27-21-16-10-4-6-12-18(16)26(14-15-8-2-1-3-9-15)23(28)20(21)22-24-17-11-5-7-13-19(17)31(29,30)25-22/h1-3,5,7-9,11,13,27,29-30H,4,6,10,12,14H2,(H,24,25). The van der Waals surface area contributed by atoms with E-state index < -0.39 is 16.3 Å². The minimum Gasteiger partial charge on any atom is -0.507 e. The third-order valence-corrected chi connectivity index (χ3v) is 7.20. The van der Waals surface area contributed by atoms with Gasteiger partial charge in [0.2, 0.25) is 0 Å². The molecule has 0 amide bonds. The highest BCUT2D eigenvalue weighted by molar-refractivity contribution is 8.23. The van der Waals surface area contributed by atoms with Crippen molar-refractivity contribution in [3.05, 3.63) is 87.3 Å². The number of fused-ring (bicyclic) bond motifs is 2. The van der Waals surface area contributed by atoms with Gasteiger partial charge in [-0.25, -0.2) is 0 Å². The largest absolute Gasteiger partial charge is 0.507 e. The molecule has 0 saturated heterocycles.